The van der Waals surface area contributed by atoms with Crippen LogP contribution in [-0.4, -0.2) is 18.3 Å². The molecule has 3 unspecified atom stereocenters. The molecule has 1 spiro atoms. The average Bonchev–Trinajstić information content (AvgIpc) is 3.43. The van der Waals surface area contributed by atoms with Crippen LogP contribution in [0.25, 0.3) is 0 Å². The highest BCUT2D eigenvalue weighted by atomic mass is 35.5. The molecule has 2 aromatic carbocycles. The number of ether oxygens (including phenoxy) is 1. The number of rotatable bonds is 11. The molecule has 53 heavy (non-hydrogen) atoms. The lowest BCUT2D eigenvalue weighted by atomic mass is 9.58. The standard InChI is InChI=1S/C46H59ClF3NO.CH4/c1-4-13-34(41-19-9-6-14-33(41)3)15-7-8-16-38-30-35-21-22-36(43-20-10-11-29-52-43)31-42(35)44(38)25-27-45(28-26-44,37(5-2)23-24-46(48,49)50)51-40-18-12-17-39(47)32-40;/h4,12-13,17-18,21-22,24,31-33,38,43,51H,5-11,14-16,19-20,25-30H2,1-3H3;1H4/b13-4-,41-34+;. The number of hydrogen-bond acceptors (Lipinski definition) is 2. The third kappa shape index (κ3) is 9.75. The van der Waals surface area contributed by atoms with Gasteiger partial charge in [0.1, 0.15) is 0 Å². The molecule has 1 aliphatic heterocycles. The molecule has 1 heterocycles. The summed E-state index contributed by atoms with van der Waals surface area (Å²) in [5.74, 6) is 1.19. The van der Waals surface area contributed by atoms with Gasteiger partial charge in [-0.2, -0.15) is 13.2 Å². The van der Waals surface area contributed by atoms with Crippen molar-refractivity contribution in [3.05, 3.63) is 105 Å². The number of benzene rings is 2. The lowest BCUT2D eigenvalue weighted by Crippen LogP contribution is -2.49. The summed E-state index contributed by atoms with van der Waals surface area (Å²) in [4.78, 5) is 0. The molecular weight excluding hydrogens is 687 g/mol. The van der Waals surface area contributed by atoms with Crippen LogP contribution in [0.15, 0.2) is 83.1 Å². The van der Waals surface area contributed by atoms with Crippen LogP contribution >= 0.6 is 11.6 Å². The van der Waals surface area contributed by atoms with Gasteiger partial charge in [-0.1, -0.05) is 87.7 Å². The normalized spacial score (nSPS) is 28.2. The Balaban J connectivity index is 0.00000541. The van der Waals surface area contributed by atoms with Gasteiger partial charge in [-0.05, 0) is 167 Å². The van der Waals surface area contributed by atoms with E-state index < -0.39 is 11.7 Å². The zero-order valence-corrected chi connectivity index (χ0v) is 32.4. The molecule has 0 amide bonds. The molecule has 4 aliphatic rings. The molecule has 2 aromatic rings. The molecule has 1 saturated heterocycles. The predicted octanol–water partition coefficient (Wildman–Crippen LogP) is 14.7. The fraction of sp³-hybridized carbons (Fsp3) is 0.596. The van der Waals surface area contributed by atoms with Crippen LogP contribution in [0.2, 0.25) is 5.02 Å². The van der Waals surface area contributed by atoms with E-state index in [9.17, 15) is 13.2 Å². The van der Waals surface area contributed by atoms with Crippen molar-refractivity contribution >= 4 is 17.3 Å². The molecule has 0 radical (unpaired) electrons. The zero-order chi connectivity index (χ0) is 36.8. The van der Waals surface area contributed by atoms with Gasteiger partial charge in [0.25, 0.3) is 0 Å². The molecule has 6 rings (SSSR count). The largest absolute Gasteiger partial charge is 0.416 e. The minimum Gasteiger partial charge on any atom is -0.375 e. The Kier molecular flexibility index (Phi) is 14.3. The van der Waals surface area contributed by atoms with E-state index in [1.165, 1.54) is 61.6 Å². The van der Waals surface area contributed by atoms with Crippen molar-refractivity contribution < 1.29 is 17.9 Å². The second kappa shape index (κ2) is 18.3. The Morgan fingerprint density at radius 3 is 2.49 bits per heavy atom. The van der Waals surface area contributed by atoms with E-state index in [4.69, 9.17) is 16.3 Å². The van der Waals surface area contributed by atoms with Gasteiger partial charge in [0.15, 0.2) is 0 Å². The molecule has 6 heteroatoms. The van der Waals surface area contributed by atoms with Crippen molar-refractivity contribution in [2.24, 2.45) is 11.8 Å². The number of allylic oxidation sites excluding steroid dienone is 4. The SMILES string of the molecule is C.C/C=C\C(CCCCC1Cc2ccc(C3CCCCO3)cc2C12CCC(Nc1cccc(Cl)c1)(C(=C=CC(F)(F)F)CC)CC2)=C1\CCCCC1C. The molecule has 0 bridgehead atoms. The first kappa shape index (κ1) is 41.4. The van der Waals surface area contributed by atoms with Crippen LogP contribution in [-0.2, 0) is 16.6 Å². The van der Waals surface area contributed by atoms with Crippen LogP contribution < -0.4 is 5.32 Å². The molecule has 3 aliphatic carbocycles. The van der Waals surface area contributed by atoms with E-state index in [0.29, 0.717) is 34.9 Å². The van der Waals surface area contributed by atoms with Crippen molar-refractivity contribution in [2.75, 3.05) is 11.9 Å². The maximum atomic E-state index is 13.6. The summed E-state index contributed by atoms with van der Waals surface area (Å²) < 4.78 is 46.9. The molecule has 290 valence electrons. The number of nitrogens with one attached hydrogen (secondary N) is 1. The van der Waals surface area contributed by atoms with E-state index in [0.717, 1.165) is 70.1 Å². The van der Waals surface area contributed by atoms with Crippen LogP contribution in [0.1, 0.15) is 154 Å². The van der Waals surface area contributed by atoms with E-state index in [1.54, 1.807) is 11.1 Å². The lowest BCUT2D eigenvalue weighted by Gasteiger charge is -2.49. The third-order valence-corrected chi connectivity index (χ3v) is 13.2. The summed E-state index contributed by atoms with van der Waals surface area (Å²) in [5, 5.41) is 4.34. The molecule has 3 fully saturated rings. The van der Waals surface area contributed by atoms with Crippen LogP contribution in [0.3, 0.4) is 0 Å². The van der Waals surface area contributed by atoms with E-state index in [1.807, 2.05) is 31.2 Å². The summed E-state index contributed by atoms with van der Waals surface area (Å²) in [6.45, 7) is 7.32. The maximum Gasteiger partial charge on any atom is 0.416 e. The number of hydrogen-bond donors (Lipinski definition) is 1. The fourth-order valence-corrected chi connectivity index (χ4v) is 10.5. The summed E-state index contributed by atoms with van der Waals surface area (Å²) in [6.07, 6.45) is 18.7. The Hall–Kier alpha value is -2.72. The Bertz CT molecular complexity index is 1650. The summed E-state index contributed by atoms with van der Waals surface area (Å²) in [6, 6.07) is 14.7. The highest BCUT2D eigenvalue weighted by Crippen LogP contribution is 2.57. The van der Waals surface area contributed by atoms with Crippen molar-refractivity contribution in [3.63, 3.8) is 0 Å². The molecule has 1 N–H and O–H groups in total. The quantitative estimate of drug-likeness (QED) is 0.182. The highest BCUT2D eigenvalue weighted by Gasteiger charge is 2.52. The van der Waals surface area contributed by atoms with Crippen molar-refractivity contribution in [3.8, 4) is 0 Å². The van der Waals surface area contributed by atoms with Gasteiger partial charge in [-0.15, -0.1) is 5.73 Å². The first-order valence-electron chi connectivity index (χ1n) is 20.2. The van der Waals surface area contributed by atoms with Crippen molar-refractivity contribution in [1.82, 2.24) is 0 Å². The topological polar surface area (TPSA) is 21.3 Å². The number of alkyl halides is 3. The van der Waals surface area contributed by atoms with Gasteiger partial charge < -0.3 is 10.1 Å². The molecule has 0 aromatic heterocycles. The number of anilines is 1. The van der Waals surface area contributed by atoms with Crippen molar-refractivity contribution in [2.45, 2.75) is 161 Å². The number of halogens is 4. The first-order valence-corrected chi connectivity index (χ1v) is 20.6. The fourth-order valence-electron chi connectivity index (χ4n) is 10.3. The molecular formula is C47H63ClF3NO. The Morgan fingerprint density at radius 2 is 1.81 bits per heavy atom. The van der Waals surface area contributed by atoms with Gasteiger partial charge in [-0.25, -0.2) is 0 Å². The highest BCUT2D eigenvalue weighted by molar-refractivity contribution is 6.30. The molecule has 2 saturated carbocycles. The molecule has 2 nitrogen and oxygen atoms in total. The predicted molar refractivity (Wildman–Crippen MR) is 217 cm³/mol. The monoisotopic (exact) mass is 749 g/mol. The van der Waals surface area contributed by atoms with Gasteiger partial charge in [0.05, 0.1) is 17.7 Å². The lowest BCUT2D eigenvalue weighted by molar-refractivity contribution is -0.0797. The second-order valence-corrected chi connectivity index (χ2v) is 16.6. The van der Waals surface area contributed by atoms with Crippen molar-refractivity contribution in [1.29, 1.82) is 0 Å². The Morgan fingerprint density at radius 1 is 1.02 bits per heavy atom. The van der Waals surface area contributed by atoms with Crippen LogP contribution in [0.4, 0.5) is 18.9 Å². The Labute approximate surface area is 323 Å². The number of unbranched alkanes of at least 4 members (excludes halogenated alkanes) is 1. The van der Waals surface area contributed by atoms with E-state index >= 15 is 0 Å². The van der Waals surface area contributed by atoms with Crippen LogP contribution in [0.5, 0.6) is 0 Å². The van der Waals surface area contributed by atoms with E-state index in [-0.39, 0.29) is 18.9 Å². The zero-order valence-electron chi connectivity index (χ0n) is 31.7. The first-order chi connectivity index (χ1) is 25.1. The van der Waals surface area contributed by atoms with Gasteiger partial charge >= 0.3 is 6.18 Å². The van der Waals surface area contributed by atoms with Gasteiger partial charge in [-0.3, -0.25) is 0 Å². The average molecular weight is 750 g/mol. The summed E-state index contributed by atoms with van der Waals surface area (Å²) >= 11 is 6.41. The van der Waals surface area contributed by atoms with Gasteiger partial charge in [0, 0.05) is 17.3 Å². The van der Waals surface area contributed by atoms with E-state index in [2.05, 4.69) is 55.2 Å². The molecule has 3 atom stereocenters. The van der Waals surface area contributed by atoms with Crippen LogP contribution in [0, 0.1) is 11.8 Å². The smallest absolute Gasteiger partial charge is 0.375 e. The maximum absolute atomic E-state index is 13.6. The third-order valence-electron chi connectivity index (χ3n) is 13.0. The second-order valence-electron chi connectivity index (χ2n) is 16.2. The number of fused-ring (bicyclic) bond motifs is 2. The minimum atomic E-state index is -4.42. The van der Waals surface area contributed by atoms with Gasteiger partial charge in [0.2, 0.25) is 0 Å². The minimum absolute atomic E-state index is 0. The summed E-state index contributed by atoms with van der Waals surface area (Å²) in [5.41, 5.74) is 11.1. The summed E-state index contributed by atoms with van der Waals surface area (Å²) in [7, 11) is 0.